The Morgan fingerprint density at radius 1 is 1.32 bits per heavy atom. The lowest BCUT2D eigenvalue weighted by molar-refractivity contribution is 0.0383. The van der Waals surface area contributed by atoms with Gasteiger partial charge in [0.15, 0.2) is 0 Å². The van der Waals surface area contributed by atoms with E-state index in [1.54, 1.807) is 13.0 Å². The first kappa shape index (κ1) is 19.6. The van der Waals surface area contributed by atoms with Crippen molar-refractivity contribution in [2.24, 2.45) is 0 Å². The Hall–Kier alpha value is -1.68. The van der Waals surface area contributed by atoms with Crippen molar-refractivity contribution in [1.82, 2.24) is 14.9 Å². The molecular weight excluding hydrogens is 346 g/mol. The highest BCUT2D eigenvalue weighted by Crippen LogP contribution is 2.24. The van der Waals surface area contributed by atoms with Gasteiger partial charge < -0.3 is 14.8 Å². The molecule has 2 rings (SSSR count). The molecule has 1 amide bonds. The predicted molar refractivity (Wildman–Crippen MR) is 93.4 cm³/mol. The average molecular weight is 371 g/mol. The monoisotopic (exact) mass is 371 g/mol. The predicted octanol–water partition coefficient (Wildman–Crippen LogP) is 0.0554. The highest BCUT2D eigenvalue weighted by atomic mass is 32.2. The van der Waals surface area contributed by atoms with Gasteiger partial charge in [-0.3, -0.25) is 9.69 Å². The summed E-state index contributed by atoms with van der Waals surface area (Å²) in [4.78, 5) is 14.5. The average Bonchev–Trinajstić information content (AvgIpc) is 2.62. The van der Waals surface area contributed by atoms with Crippen LogP contribution < -0.4 is 14.8 Å². The largest absolute Gasteiger partial charge is 0.495 e. The van der Waals surface area contributed by atoms with Crippen LogP contribution in [0.25, 0.3) is 0 Å². The fourth-order valence-electron chi connectivity index (χ4n) is 2.55. The molecule has 0 spiro atoms. The second-order valence-corrected chi connectivity index (χ2v) is 7.31. The zero-order chi connectivity index (χ0) is 18.3. The summed E-state index contributed by atoms with van der Waals surface area (Å²) in [6, 6.07) is 4.37. The Morgan fingerprint density at radius 3 is 2.68 bits per heavy atom. The van der Waals surface area contributed by atoms with Gasteiger partial charge in [-0.2, -0.15) is 0 Å². The highest BCUT2D eigenvalue weighted by molar-refractivity contribution is 7.89. The molecule has 0 unspecified atom stereocenters. The molecule has 9 heteroatoms. The van der Waals surface area contributed by atoms with E-state index in [1.807, 2.05) is 0 Å². The third-order valence-corrected chi connectivity index (χ3v) is 5.43. The SMILES string of the molecule is CCNS(=O)(=O)c1cc(C(=O)NCCN2CCOCC2)ccc1OC. The van der Waals surface area contributed by atoms with E-state index >= 15 is 0 Å². The van der Waals surface area contributed by atoms with Crippen LogP contribution in [0, 0.1) is 0 Å². The van der Waals surface area contributed by atoms with Gasteiger partial charge in [0, 0.05) is 38.3 Å². The molecule has 1 aromatic carbocycles. The first-order valence-corrected chi connectivity index (χ1v) is 9.72. The van der Waals surface area contributed by atoms with Crippen molar-refractivity contribution in [1.29, 1.82) is 0 Å². The summed E-state index contributed by atoms with van der Waals surface area (Å²) in [5, 5.41) is 2.82. The molecular formula is C16H25N3O5S. The fraction of sp³-hybridized carbons (Fsp3) is 0.562. The molecule has 0 bridgehead atoms. The standard InChI is InChI=1S/C16H25N3O5S/c1-3-18-25(21,22)15-12-13(4-5-14(15)23-2)16(20)17-6-7-19-8-10-24-11-9-19/h4-5,12,18H,3,6-11H2,1-2H3,(H,17,20). The lowest BCUT2D eigenvalue weighted by atomic mass is 10.2. The number of nitrogens with zero attached hydrogens (tertiary/aromatic N) is 1. The molecule has 0 aliphatic carbocycles. The van der Waals surface area contributed by atoms with Crippen molar-refractivity contribution in [2.45, 2.75) is 11.8 Å². The van der Waals surface area contributed by atoms with Crippen LogP contribution in [0.1, 0.15) is 17.3 Å². The lowest BCUT2D eigenvalue weighted by Crippen LogP contribution is -2.41. The number of hydrogen-bond acceptors (Lipinski definition) is 6. The van der Waals surface area contributed by atoms with Crippen LogP contribution in [0.15, 0.2) is 23.1 Å². The quantitative estimate of drug-likeness (QED) is 0.671. The van der Waals surface area contributed by atoms with Crippen LogP contribution in [0.3, 0.4) is 0 Å². The molecule has 1 aromatic rings. The third kappa shape index (κ3) is 5.40. The molecule has 1 fully saturated rings. The summed E-state index contributed by atoms with van der Waals surface area (Å²) in [6.45, 7) is 6.27. The first-order chi connectivity index (χ1) is 12.0. The maximum absolute atomic E-state index is 12.3. The number of hydrogen-bond donors (Lipinski definition) is 2. The van der Waals surface area contributed by atoms with Gasteiger partial charge in [-0.1, -0.05) is 6.92 Å². The van der Waals surface area contributed by atoms with E-state index in [-0.39, 0.29) is 28.7 Å². The number of rotatable bonds is 8. The maximum atomic E-state index is 12.3. The Kier molecular flexibility index (Phi) is 7.18. The minimum Gasteiger partial charge on any atom is -0.495 e. The molecule has 1 heterocycles. The minimum atomic E-state index is -3.72. The lowest BCUT2D eigenvalue weighted by Gasteiger charge is -2.26. The number of carbonyl (C=O) groups excluding carboxylic acids is 1. The molecule has 140 valence electrons. The molecule has 0 radical (unpaired) electrons. The molecule has 25 heavy (non-hydrogen) atoms. The van der Waals surface area contributed by atoms with Crippen molar-refractivity contribution < 1.29 is 22.7 Å². The molecule has 1 aliphatic heterocycles. The molecule has 1 aliphatic rings. The molecule has 1 saturated heterocycles. The number of morpholine rings is 1. The molecule has 2 N–H and O–H groups in total. The van der Waals surface area contributed by atoms with Gasteiger partial charge in [0.2, 0.25) is 10.0 Å². The maximum Gasteiger partial charge on any atom is 0.251 e. The molecule has 8 nitrogen and oxygen atoms in total. The minimum absolute atomic E-state index is 0.0438. The van der Waals surface area contributed by atoms with Crippen LogP contribution >= 0.6 is 0 Å². The van der Waals surface area contributed by atoms with Gasteiger partial charge in [-0.25, -0.2) is 13.1 Å². The number of ether oxygens (including phenoxy) is 2. The van der Waals surface area contributed by atoms with Crippen LogP contribution in [-0.2, 0) is 14.8 Å². The second kappa shape index (κ2) is 9.14. The summed E-state index contributed by atoms with van der Waals surface area (Å²) < 4.78 is 37.3. The zero-order valence-corrected chi connectivity index (χ0v) is 15.4. The smallest absolute Gasteiger partial charge is 0.251 e. The van der Waals surface area contributed by atoms with Gasteiger partial charge in [0.05, 0.1) is 20.3 Å². The van der Waals surface area contributed by atoms with Crippen LogP contribution in [-0.4, -0.2) is 72.3 Å². The second-order valence-electron chi connectivity index (χ2n) is 5.58. The van der Waals surface area contributed by atoms with Crippen molar-refractivity contribution in [3.05, 3.63) is 23.8 Å². The van der Waals surface area contributed by atoms with E-state index in [4.69, 9.17) is 9.47 Å². The van der Waals surface area contributed by atoms with E-state index in [1.165, 1.54) is 19.2 Å². The topological polar surface area (TPSA) is 97.0 Å². The van der Waals surface area contributed by atoms with Crippen molar-refractivity contribution >= 4 is 15.9 Å². The number of benzene rings is 1. The van der Waals surface area contributed by atoms with Gasteiger partial charge in [-0.05, 0) is 18.2 Å². The summed E-state index contributed by atoms with van der Waals surface area (Å²) in [6.07, 6.45) is 0. The van der Waals surface area contributed by atoms with Gasteiger partial charge in [0.1, 0.15) is 10.6 Å². The number of sulfonamides is 1. The Bertz CT molecular complexity index is 687. The number of amides is 1. The van der Waals surface area contributed by atoms with Crippen molar-refractivity contribution in [3.8, 4) is 5.75 Å². The van der Waals surface area contributed by atoms with Gasteiger partial charge >= 0.3 is 0 Å². The van der Waals surface area contributed by atoms with Crippen molar-refractivity contribution in [3.63, 3.8) is 0 Å². The highest BCUT2D eigenvalue weighted by Gasteiger charge is 2.21. The molecule has 0 saturated carbocycles. The van der Waals surface area contributed by atoms with E-state index in [2.05, 4.69) is 14.9 Å². The normalized spacial score (nSPS) is 15.8. The third-order valence-electron chi connectivity index (χ3n) is 3.87. The Balaban J connectivity index is 2.04. The number of carbonyl (C=O) groups is 1. The zero-order valence-electron chi connectivity index (χ0n) is 14.6. The van der Waals surface area contributed by atoms with E-state index in [9.17, 15) is 13.2 Å². The van der Waals surface area contributed by atoms with Gasteiger partial charge in [-0.15, -0.1) is 0 Å². The van der Waals surface area contributed by atoms with E-state index in [0.29, 0.717) is 19.8 Å². The van der Waals surface area contributed by atoms with Gasteiger partial charge in [0.25, 0.3) is 5.91 Å². The van der Waals surface area contributed by atoms with Crippen LogP contribution in [0.4, 0.5) is 0 Å². The van der Waals surface area contributed by atoms with Crippen LogP contribution in [0.2, 0.25) is 0 Å². The van der Waals surface area contributed by atoms with E-state index < -0.39 is 10.0 Å². The van der Waals surface area contributed by atoms with E-state index in [0.717, 1.165) is 19.6 Å². The summed E-state index contributed by atoms with van der Waals surface area (Å²) >= 11 is 0. The molecule has 0 atom stereocenters. The summed E-state index contributed by atoms with van der Waals surface area (Å²) in [7, 11) is -2.33. The van der Waals surface area contributed by atoms with Crippen molar-refractivity contribution in [2.75, 3.05) is 53.0 Å². The number of methoxy groups -OCH3 is 1. The Labute approximate surface area is 148 Å². The summed E-state index contributed by atoms with van der Waals surface area (Å²) in [5.41, 5.74) is 0.277. The number of nitrogens with one attached hydrogen (secondary N) is 2. The Morgan fingerprint density at radius 2 is 2.04 bits per heavy atom. The first-order valence-electron chi connectivity index (χ1n) is 8.24. The fourth-order valence-corrected chi connectivity index (χ4v) is 3.78. The molecule has 0 aromatic heterocycles. The van der Waals surface area contributed by atoms with Crippen LogP contribution in [0.5, 0.6) is 5.75 Å². The summed E-state index contributed by atoms with van der Waals surface area (Å²) in [5.74, 6) is -0.116.